The second kappa shape index (κ2) is 7.96. The lowest BCUT2D eigenvalue weighted by atomic mass is 9.96. The first-order valence-electron chi connectivity index (χ1n) is 8.95. The van der Waals surface area contributed by atoms with E-state index in [4.69, 9.17) is 21.1 Å². The van der Waals surface area contributed by atoms with E-state index < -0.39 is 29.1 Å². The van der Waals surface area contributed by atoms with Gasteiger partial charge in [-0.1, -0.05) is 41.9 Å². The minimum Gasteiger partial charge on any atom is -0.450 e. The molecule has 0 unspecified atom stereocenters. The van der Waals surface area contributed by atoms with Crippen molar-refractivity contribution >= 4 is 29.2 Å². The number of nitrogens with zero attached hydrogens (tertiary/aromatic N) is 1. The predicted octanol–water partition coefficient (Wildman–Crippen LogP) is 5.06. The molecule has 0 aromatic heterocycles. The average molecular weight is 424 g/mol. The van der Waals surface area contributed by atoms with Crippen molar-refractivity contribution in [3.63, 3.8) is 0 Å². The fourth-order valence-electron chi connectivity index (χ4n) is 3.26. The SMILES string of the molecule is O=C(O[C@@H](c1ccc(Cl)cc1)[C@H]1OC(=O)c2ccccc21)c1ccc([N+](=O)[O-])cc1. The number of nitro groups is 1. The van der Waals surface area contributed by atoms with Gasteiger partial charge in [-0.25, -0.2) is 9.59 Å². The zero-order valence-corrected chi connectivity index (χ0v) is 16.1. The third kappa shape index (κ3) is 3.75. The van der Waals surface area contributed by atoms with Crippen LogP contribution in [0, 0.1) is 10.1 Å². The topological polar surface area (TPSA) is 95.7 Å². The second-order valence-electron chi connectivity index (χ2n) is 6.59. The van der Waals surface area contributed by atoms with Crippen LogP contribution in [0.1, 0.15) is 44.1 Å². The Kier molecular flexibility index (Phi) is 5.20. The van der Waals surface area contributed by atoms with E-state index in [1.165, 1.54) is 24.3 Å². The summed E-state index contributed by atoms with van der Waals surface area (Å²) < 4.78 is 11.3. The van der Waals surface area contributed by atoms with Gasteiger partial charge >= 0.3 is 11.9 Å². The minimum atomic E-state index is -0.933. The highest BCUT2D eigenvalue weighted by molar-refractivity contribution is 6.30. The molecule has 2 atom stereocenters. The molecular weight excluding hydrogens is 410 g/mol. The molecule has 4 rings (SSSR count). The van der Waals surface area contributed by atoms with Crippen molar-refractivity contribution in [1.29, 1.82) is 0 Å². The number of ether oxygens (including phenoxy) is 2. The normalized spacial score (nSPS) is 15.8. The molecule has 3 aromatic rings. The first-order chi connectivity index (χ1) is 14.4. The monoisotopic (exact) mass is 423 g/mol. The van der Waals surface area contributed by atoms with E-state index in [-0.39, 0.29) is 11.3 Å². The predicted molar refractivity (Wildman–Crippen MR) is 107 cm³/mol. The van der Waals surface area contributed by atoms with Gasteiger partial charge in [-0.05, 0) is 35.9 Å². The number of carbonyl (C=O) groups excluding carboxylic acids is 2. The number of rotatable bonds is 5. The van der Waals surface area contributed by atoms with E-state index in [1.54, 1.807) is 48.5 Å². The highest BCUT2D eigenvalue weighted by atomic mass is 35.5. The molecule has 7 nitrogen and oxygen atoms in total. The fourth-order valence-corrected chi connectivity index (χ4v) is 3.38. The van der Waals surface area contributed by atoms with Crippen LogP contribution in [0.25, 0.3) is 0 Å². The molecule has 0 N–H and O–H groups in total. The lowest BCUT2D eigenvalue weighted by Gasteiger charge is -2.24. The van der Waals surface area contributed by atoms with Gasteiger partial charge in [-0.15, -0.1) is 0 Å². The van der Waals surface area contributed by atoms with E-state index in [2.05, 4.69) is 0 Å². The molecule has 150 valence electrons. The summed E-state index contributed by atoms with van der Waals surface area (Å²) in [5.74, 6) is -1.20. The number of cyclic esters (lactones) is 1. The number of nitro benzene ring substituents is 1. The number of hydrogen-bond acceptors (Lipinski definition) is 6. The summed E-state index contributed by atoms with van der Waals surface area (Å²) in [4.78, 5) is 35.3. The van der Waals surface area contributed by atoms with E-state index in [1.807, 2.05) is 0 Å². The standard InChI is InChI=1S/C22H14ClNO6/c23-15-9-5-13(6-10-15)19(20-17-3-1-2-4-18(17)22(26)30-20)29-21(25)14-7-11-16(12-8-14)24(27)28/h1-12,19-20H/t19-,20-/m0/s1. The molecule has 0 radical (unpaired) electrons. The Bertz CT molecular complexity index is 1130. The van der Waals surface area contributed by atoms with Gasteiger partial charge in [-0.3, -0.25) is 10.1 Å². The molecule has 0 fully saturated rings. The van der Waals surface area contributed by atoms with Crippen LogP contribution >= 0.6 is 11.6 Å². The van der Waals surface area contributed by atoms with Crippen molar-refractivity contribution in [3.8, 4) is 0 Å². The van der Waals surface area contributed by atoms with Crippen molar-refractivity contribution in [3.05, 3.63) is 110 Å². The number of non-ortho nitro benzene ring substituents is 1. The van der Waals surface area contributed by atoms with Crippen molar-refractivity contribution in [2.75, 3.05) is 0 Å². The summed E-state index contributed by atoms with van der Waals surface area (Å²) in [5, 5.41) is 11.3. The lowest BCUT2D eigenvalue weighted by Crippen LogP contribution is -2.19. The van der Waals surface area contributed by atoms with Crippen LogP contribution in [-0.4, -0.2) is 16.9 Å². The summed E-state index contributed by atoms with van der Waals surface area (Å²) in [5.41, 5.74) is 1.60. The largest absolute Gasteiger partial charge is 0.450 e. The molecule has 0 aliphatic carbocycles. The molecular formula is C22H14ClNO6. The summed E-state index contributed by atoms with van der Waals surface area (Å²) >= 11 is 5.97. The number of esters is 2. The zero-order chi connectivity index (χ0) is 21.3. The van der Waals surface area contributed by atoms with Crippen molar-refractivity contribution < 1.29 is 24.0 Å². The molecule has 1 aliphatic rings. The van der Waals surface area contributed by atoms with Gasteiger partial charge in [-0.2, -0.15) is 0 Å². The van der Waals surface area contributed by atoms with E-state index >= 15 is 0 Å². The molecule has 0 saturated carbocycles. The first kappa shape index (κ1) is 19.6. The van der Waals surface area contributed by atoms with Gasteiger partial charge in [0.15, 0.2) is 12.2 Å². The van der Waals surface area contributed by atoms with E-state index in [0.717, 1.165) is 0 Å². The van der Waals surface area contributed by atoms with Crippen LogP contribution in [0.2, 0.25) is 5.02 Å². The zero-order valence-electron chi connectivity index (χ0n) is 15.4. The molecule has 8 heteroatoms. The Labute approximate surface area is 176 Å². The lowest BCUT2D eigenvalue weighted by molar-refractivity contribution is -0.384. The maximum absolute atomic E-state index is 12.8. The first-order valence-corrected chi connectivity index (χ1v) is 9.32. The fraction of sp³-hybridized carbons (Fsp3) is 0.0909. The Balaban J connectivity index is 1.68. The molecule has 0 bridgehead atoms. The summed E-state index contributed by atoms with van der Waals surface area (Å²) in [6.45, 7) is 0. The number of halogens is 1. The Morgan fingerprint density at radius 1 is 1.03 bits per heavy atom. The smallest absolute Gasteiger partial charge is 0.339 e. The van der Waals surface area contributed by atoms with Crippen molar-refractivity contribution in [2.24, 2.45) is 0 Å². The van der Waals surface area contributed by atoms with Crippen LogP contribution < -0.4 is 0 Å². The minimum absolute atomic E-state index is 0.136. The third-order valence-electron chi connectivity index (χ3n) is 4.74. The van der Waals surface area contributed by atoms with Gasteiger partial charge in [0.25, 0.3) is 5.69 Å². The quantitative estimate of drug-likeness (QED) is 0.323. The van der Waals surface area contributed by atoms with Crippen LogP contribution in [0.4, 0.5) is 5.69 Å². The van der Waals surface area contributed by atoms with Gasteiger partial charge < -0.3 is 9.47 Å². The summed E-state index contributed by atoms with van der Waals surface area (Å²) in [7, 11) is 0. The molecule has 30 heavy (non-hydrogen) atoms. The maximum atomic E-state index is 12.8. The Hall–Kier alpha value is -3.71. The van der Waals surface area contributed by atoms with E-state index in [9.17, 15) is 19.7 Å². The van der Waals surface area contributed by atoms with Gasteiger partial charge in [0.2, 0.25) is 0 Å². The molecule has 1 aliphatic heterocycles. The maximum Gasteiger partial charge on any atom is 0.339 e. The molecule has 3 aromatic carbocycles. The van der Waals surface area contributed by atoms with Crippen LogP contribution in [0.3, 0.4) is 0 Å². The summed E-state index contributed by atoms with van der Waals surface area (Å²) in [6.07, 6.45) is -1.77. The highest BCUT2D eigenvalue weighted by Crippen LogP contribution is 2.42. The molecule has 0 saturated heterocycles. The molecule has 1 heterocycles. The number of hydrogen-bond donors (Lipinski definition) is 0. The van der Waals surface area contributed by atoms with Gasteiger partial charge in [0.05, 0.1) is 16.1 Å². The Morgan fingerprint density at radius 2 is 1.70 bits per heavy atom. The van der Waals surface area contributed by atoms with Gasteiger partial charge in [0.1, 0.15) is 0 Å². The van der Waals surface area contributed by atoms with E-state index in [0.29, 0.717) is 21.7 Å². The van der Waals surface area contributed by atoms with Crippen molar-refractivity contribution in [2.45, 2.75) is 12.2 Å². The molecule has 0 spiro atoms. The third-order valence-corrected chi connectivity index (χ3v) is 4.99. The number of fused-ring (bicyclic) bond motifs is 1. The summed E-state index contributed by atoms with van der Waals surface area (Å²) in [6, 6.07) is 18.6. The number of carbonyl (C=O) groups is 2. The van der Waals surface area contributed by atoms with Crippen LogP contribution in [0.5, 0.6) is 0 Å². The average Bonchev–Trinajstić information content (AvgIpc) is 3.09. The Morgan fingerprint density at radius 3 is 2.37 bits per heavy atom. The number of benzene rings is 3. The van der Waals surface area contributed by atoms with Crippen molar-refractivity contribution in [1.82, 2.24) is 0 Å². The highest BCUT2D eigenvalue weighted by Gasteiger charge is 2.39. The van der Waals surface area contributed by atoms with Crippen LogP contribution in [-0.2, 0) is 9.47 Å². The van der Waals surface area contributed by atoms with Gasteiger partial charge in [0, 0.05) is 22.7 Å². The van der Waals surface area contributed by atoms with Crippen LogP contribution in [0.15, 0.2) is 72.8 Å². The second-order valence-corrected chi connectivity index (χ2v) is 7.03. The molecule has 0 amide bonds.